The first-order valence-corrected chi connectivity index (χ1v) is 8.27. The van der Waals surface area contributed by atoms with Crippen LogP contribution >= 0.6 is 0 Å². The van der Waals surface area contributed by atoms with Crippen molar-refractivity contribution in [1.29, 1.82) is 0 Å². The molecule has 0 heterocycles. The predicted molar refractivity (Wildman–Crippen MR) is 93.4 cm³/mol. The van der Waals surface area contributed by atoms with E-state index in [9.17, 15) is 9.59 Å². The molecule has 1 aromatic rings. The van der Waals surface area contributed by atoms with Crippen molar-refractivity contribution in [2.45, 2.75) is 45.8 Å². The lowest BCUT2D eigenvalue weighted by Gasteiger charge is -2.16. The molecule has 0 aromatic heterocycles. The van der Waals surface area contributed by atoms with Crippen molar-refractivity contribution in [2.24, 2.45) is 5.92 Å². The van der Waals surface area contributed by atoms with Crippen LogP contribution in [0.4, 0.5) is 4.79 Å². The van der Waals surface area contributed by atoms with Gasteiger partial charge in [-0.05, 0) is 30.7 Å². The van der Waals surface area contributed by atoms with Crippen LogP contribution in [0.1, 0.15) is 38.7 Å². The van der Waals surface area contributed by atoms with Gasteiger partial charge in [0.1, 0.15) is 12.6 Å². The number of carbonyl (C=O) groups excluding carboxylic acids is 2. The second-order valence-corrected chi connectivity index (χ2v) is 5.99. The average Bonchev–Trinajstić information content (AvgIpc) is 2.57. The summed E-state index contributed by atoms with van der Waals surface area (Å²) in [5.74, 6) is 0.106. The summed E-state index contributed by atoms with van der Waals surface area (Å²) in [6, 6.07) is 8.57. The molecule has 5 nitrogen and oxygen atoms in total. The van der Waals surface area contributed by atoms with E-state index < -0.39 is 18.1 Å². The number of hydrogen-bond acceptors (Lipinski definition) is 4. The summed E-state index contributed by atoms with van der Waals surface area (Å²) >= 11 is 0. The van der Waals surface area contributed by atoms with Crippen LogP contribution in [-0.2, 0) is 20.9 Å². The molecule has 1 N–H and O–H groups in total. The highest BCUT2D eigenvalue weighted by Crippen LogP contribution is 2.05. The first-order valence-electron chi connectivity index (χ1n) is 8.27. The molecule has 0 saturated heterocycles. The number of benzene rings is 1. The highest BCUT2D eigenvalue weighted by atomic mass is 16.6. The Morgan fingerprint density at radius 3 is 2.54 bits per heavy atom. The number of alkyl carbamates (subject to hydrolysis) is 1. The van der Waals surface area contributed by atoms with E-state index in [-0.39, 0.29) is 6.61 Å². The quantitative estimate of drug-likeness (QED) is 0.401. The molecule has 1 amide bonds. The van der Waals surface area contributed by atoms with Gasteiger partial charge in [0.15, 0.2) is 0 Å². The number of esters is 1. The lowest BCUT2D eigenvalue weighted by Crippen LogP contribution is -2.41. The highest BCUT2D eigenvalue weighted by molar-refractivity contribution is 5.81. The van der Waals surface area contributed by atoms with E-state index in [0.717, 1.165) is 18.4 Å². The summed E-state index contributed by atoms with van der Waals surface area (Å²) in [4.78, 5) is 23.9. The fourth-order valence-corrected chi connectivity index (χ4v) is 2.05. The zero-order valence-electron chi connectivity index (χ0n) is 14.5. The highest BCUT2D eigenvalue weighted by Gasteiger charge is 2.21. The fourth-order valence-electron chi connectivity index (χ4n) is 2.05. The van der Waals surface area contributed by atoms with E-state index >= 15 is 0 Å². The van der Waals surface area contributed by atoms with Crippen LogP contribution in [0.5, 0.6) is 0 Å². The Labute approximate surface area is 144 Å². The molecule has 1 aromatic carbocycles. The van der Waals surface area contributed by atoms with Crippen LogP contribution in [0.2, 0.25) is 0 Å². The van der Waals surface area contributed by atoms with Gasteiger partial charge in [0.2, 0.25) is 0 Å². The van der Waals surface area contributed by atoms with E-state index in [4.69, 9.17) is 9.47 Å². The topological polar surface area (TPSA) is 64.6 Å². The van der Waals surface area contributed by atoms with Crippen LogP contribution < -0.4 is 5.32 Å². The van der Waals surface area contributed by atoms with Crippen molar-refractivity contribution in [3.63, 3.8) is 0 Å². The molecule has 0 radical (unpaired) electrons. The van der Waals surface area contributed by atoms with Crippen molar-refractivity contribution < 1.29 is 19.1 Å². The molecule has 132 valence electrons. The molecule has 0 aliphatic rings. The summed E-state index contributed by atoms with van der Waals surface area (Å²) in [5.41, 5.74) is 0.879. The summed E-state index contributed by atoms with van der Waals surface area (Å²) in [7, 11) is 0. The Morgan fingerprint density at radius 1 is 1.21 bits per heavy atom. The Bertz CT molecular complexity index is 513. The predicted octanol–water partition coefficient (Wildman–Crippen LogP) is 3.84. The Hall–Kier alpha value is -2.30. The molecule has 1 rings (SSSR count). The number of nitrogens with one attached hydrogen (secondary N) is 1. The number of rotatable bonds is 10. The van der Waals surface area contributed by atoms with Gasteiger partial charge in [-0.2, -0.15) is 0 Å². The molecule has 24 heavy (non-hydrogen) atoms. The molecule has 1 atom stereocenters. The molecule has 0 aliphatic carbocycles. The summed E-state index contributed by atoms with van der Waals surface area (Å²) in [6.07, 6.45) is 3.01. The third-order valence-electron chi connectivity index (χ3n) is 3.36. The zero-order valence-corrected chi connectivity index (χ0v) is 14.5. The summed E-state index contributed by atoms with van der Waals surface area (Å²) < 4.78 is 10.3. The van der Waals surface area contributed by atoms with Crippen molar-refractivity contribution in [1.82, 2.24) is 5.32 Å². The second kappa shape index (κ2) is 11.3. The second-order valence-electron chi connectivity index (χ2n) is 5.99. The molecule has 5 heteroatoms. The molecule has 0 spiro atoms. The van der Waals surface area contributed by atoms with Crippen LogP contribution in [0, 0.1) is 5.92 Å². The fraction of sp³-hybridized carbons (Fsp3) is 0.474. The molecular weight excluding hydrogens is 306 g/mol. The third-order valence-corrected chi connectivity index (χ3v) is 3.36. The Balaban J connectivity index is 2.38. The van der Waals surface area contributed by atoms with E-state index in [1.807, 2.05) is 30.3 Å². The Morgan fingerprint density at radius 2 is 1.92 bits per heavy atom. The molecule has 0 aliphatic heterocycles. The molecule has 0 bridgehead atoms. The first-order chi connectivity index (χ1) is 11.5. The average molecular weight is 333 g/mol. The van der Waals surface area contributed by atoms with Crippen LogP contribution in [0.25, 0.3) is 0 Å². The largest absolute Gasteiger partial charge is 0.464 e. The number of amides is 1. The van der Waals surface area contributed by atoms with E-state index in [2.05, 4.69) is 25.7 Å². The number of hydrogen-bond donors (Lipinski definition) is 1. The minimum atomic E-state index is -0.773. The van der Waals surface area contributed by atoms with Crippen molar-refractivity contribution in [3.05, 3.63) is 48.6 Å². The zero-order chi connectivity index (χ0) is 17.8. The monoisotopic (exact) mass is 333 g/mol. The SMILES string of the molecule is C=CCC(NC(=O)OCc1ccccc1)C(=O)OCCCC(C)C. The maximum atomic E-state index is 12.0. The van der Waals surface area contributed by atoms with Gasteiger partial charge >= 0.3 is 12.1 Å². The van der Waals surface area contributed by atoms with Gasteiger partial charge in [0.05, 0.1) is 6.61 Å². The van der Waals surface area contributed by atoms with Crippen molar-refractivity contribution in [3.8, 4) is 0 Å². The van der Waals surface area contributed by atoms with Crippen molar-refractivity contribution in [2.75, 3.05) is 6.61 Å². The van der Waals surface area contributed by atoms with Gasteiger partial charge in [-0.15, -0.1) is 6.58 Å². The lowest BCUT2D eigenvalue weighted by molar-refractivity contribution is -0.146. The van der Waals surface area contributed by atoms with Gasteiger partial charge in [0.25, 0.3) is 0 Å². The Kier molecular flexibility index (Phi) is 9.27. The lowest BCUT2D eigenvalue weighted by atomic mass is 10.1. The van der Waals surface area contributed by atoms with E-state index in [1.54, 1.807) is 6.08 Å². The third kappa shape index (κ3) is 8.36. The minimum absolute atomic E-state index is 0.150. The van der Waals surface area contributed by atoms with Gasteiger partial charge in [-0.3, -0.25) is 0 Å². The van der Waals surface area contributed by atoms with E-state index in [0.29, 0.717) is 18.9 Å². The molecule has 0 fully saturated rings. The van der Waals surface area contributed by atoms with E-state index in [1.165, 1.54) is 0 Å². The van der Waals surface area contributed by atoms with Gasteiger partial charge in [-0.25, -0.2) is 9.59 Å². The molecule has 0 saturated carbocycles. The first kappa shape index (κ1) is 19.7. The maximum Gasteiger partial charge on any atom is 0.408 e. The van der Waals surface area contributed by atoms with Gasteiger partial charge in [0, 0.05) is 0 Å². The normalized spacial score (nSPS) is 11.6. The number of ether oxygens (including phenoxy) is 2. The van der Waals surface area contributed by atoms with Crippen LogP contribution in [0.15, 0.2) is 43.0 Å². The maximum absolute atomic E-state index is 12.0. The molecular formula is C19H27NO4. The van der Waals surface area contributed by atoms with Gasteiger partial charge in [-0.1, -0.05) is 50.3 Å². The standard InChI is InChI=1S/C19H27NO4/c1-4-9-17(18(21)23-13-8-10-15(2)3)20-19(22)24-14-16-11-6-5-7-12-16/h4-7,11-12,15,17H,1,8-10,13-14H2,2-3H3,(H,20,22). The van der Waals surface area contributed by atoms with Crippen LogP contribution in [0.3, 0.4) is 0 Å². The summed E-state index contributed by atoms with van der Waals surface area (Å²) in [5, 5.41) is 2.53. The van der Waals surface area contributed by atoms with Gasteiger partial charge < -0.3 is 14.8 Å². The minimum Gasteiger partial charge on any atom is -0.464 e. The van der Waals surface area contributed by atoms with Crippen LogP contribution in [-0.4, -0.2) is 24.7 Å². The summed E-state index contributed by atoms with van der Waals surface area (Å²) in [6.45, 7) is 8.34. The number of carbonyl (C=O) groups is 2. The smallest absolute Gasteiger partial charge is 0.408 e. The molecule has 1 unspecified atom stereocenters. The van der Waals surface area contributed by atoms with Crippen molar-refractivity contribution >= 4 is 12.1 Å².